The van der Waals surface area contributed by atoms with Crippen molar-refractivity contribution in [2.45, 2.75) is 40.2 Å². The maximum atomic E-state index is 12.8. The summed E-state index contributed by atoms with van der Waals surface area (Å²) in [6, 6.07) is 5.74. The second kappa shape index (κ2) is 7.69. The summed E-state index contributed by atoms with van der Waals surface area (Å²) >= 11 is 0. The molecule has 0 spiro atoms. The maximum absolute atomic E-state index is 12.8. The largest absolute Gasteiger partial charge is 0.353 e. The summed E-state index contributed by atoms with van der Waals surface area (Å²) in [6.07, 6.45) is 5.50. The highest BCUT2D eigenvalue weighted by atomic mass is 16.2. The quantitative estimate of drug-likeness (QED) is 0.734. The topological polar surface area (TPSA) is 84.5 Å². The van der Waals surface area contributed by atoms with Crippen LogP contribution >= 0.6 is 0 Å². The lowest BCUT2D eigenvalue weighted by Gasteiger charge is -2.31. The van der Waals surface area contributed by atoms with Gasteiger partial charge < -0.3 is 10.2 Å². The van der Waals surface area contributed by atoms with Crippen molar-refractivity contribution in [1.29, 1.82) is 0 Å². The molecule has 29 heavy (non-hydrogen) atoms. The normalized spacial score (nSPS) is 16.9. The number of carbonyl (C=O) groups excluding carboxylic acids is 1. The zero-order valence-electron chi connectivity index (χ0n) is 17.1. The average molecular weight is 394 g/mol. The lowest BCUT2D eigenvalue weighted by molar-refractivity contribution is -0.117. The van der Waals surface area contributed by atoms with Gasteiger partial charge in [0.15, 0.2) is 5.82 Å². The SMILES string of the molecule is Cc1cccc(NC(=O)Cn2nc3c(N4CCC[C@@H](C)C4)nccn3c2=O)c1C. The van der Waals surface area contributed by atoms with Gasteiger partial charge >= 0.3 is 5.69 Å². The van der Waals surface area contributed by atoms with E-state index >= 15 is 0 Å². The molecule has 0 saturated carbocycles. The summed E-state index contributed by atoms with van der Waals surface area (Å²) in [5, 5.41) is 7.32. The number of nitrogens with zero attached hydrogens (tertiary/aromatic N) is 5. The van der Waals surface area contributed by atoms with Gasteiger partial charge in [0, 0.05) is 31.2 Å². The van der Waals surface area contributed by atoms with Crippen LogP contribution < -0.4 is 15.9 Å². The third-order valence-corrected chi connectivity index (χ3v) is 5.61. The molecule has 4 rings (SSSR count). The monoisotopic (exact) mass is 394 g/mol. The van der Waals surface area contributed by atoms with Gasteiger partial charge in [-0.2, -0.15) is 0 Å². The molecule has 2 aromatic heterocycles. The smallest absolute Gasteiger partial charge is 0.350 e. The Morgan fingerprint density at radius 2 is 2.14 bits per heavy atom. The van der Waals surface area contributed by atoms with E-state index < -0.39 is 0 Å². The number of rotatable bonds is 4. The Bertz CT molecular complexity index is 1120. The lowest BCUT2D eigenvalue weighted by Crippen LogP contribution is -2.35. The van der Waals surface area contributed by atoms with E-state index in [-0.39, 0.29) is 18.1 Å². The fourth-order valence-corrected chi connectivity index (χ4v) is 3.86. The van der Waals surface area contributed by atoms with Crippen LogP contribution in [-0.4, -0.2) is 38.2 Å². The van der Waals surface area contributed by atoms with E-state index in [0.717, 1.165) is 36.3 Å². The van der Waals surface area contributed by atoms with Gasteiger partial charge in [-0.3, -0.25) is 4.79 Å². The van der Waals surface area contributed by atoms with Crippen molar-refractivity contribution in [3.63, 3.8) is 0 Å². The minimum atomic E-state index is -0.343. The Morgan fingerprint density at radius 1 is 1.31 bits per heavy atom. The summed E-state index contributed by atoms with van der Waals surface area (Å²) in [6.45, 7) is 7.80. The van der Waals surface area contributed by atoms with E-state index in [1.54, 1.807) is 12.4 Å². The van der Waals surface area contributed by atoms with Gasteiger partial charge in [0.1, 0.15) is 6.54 Å². The third kappa shape index (κ3) is 3.74. The van der Waals surface area contributed by atoms with Crippen LogP contribution in [0.15, 0.2) is 35.4 Å². The van der Waals surface area contributed by atoms with E-state index in [2.05, 4.69) is 27.2 Å². The summed E-state index contributed by atoms with van der Waals surface area (Å²) in [5.41, 5.74) is 3.00. The zero-order valence-corrected chi connectivity index (χ0v) is 17.1. The standard InChI is InChI=1S/C21H26N6O2/c1-14-6-5-10-25(12-14)19-20-24-27(21(29)26(20)11-9-22-19)13-18(28)23-17-8-4-7-15(2)16(17)3/h4,7-9,11,14H,5-6,10,12-13H2,1-3H3,(H,23,28)/t14-/m1/s1. The van der Waals surface area contributed by atoms with Crippen molar-refractivity contribution < 1.29 is 4.79 Å². The van der Waals surface area contributed by atoms with Crippen LogP contribution in [0.5, 0.6) is 0 Å². The third-order valence-electron chi connectivity index (χ3n) is 5.61. The molecule has 1 saturated heterocycles. The van der Waals surface area contributed by atoms with E-state index in [4.69, 9.17) is 0 Å². The van der Waals surface area contributed by atoms with E-state index in [9.17, 15) is 9.59 Å². The van der Waals surface area contributed by atoms with Gasteiger partial charge in [0.05, 0.1) is 0 Å². The molecule has 0 radical (unpaired) electrons. The Labute approximate surface area is 169 Å². The van der Waals surface area contributed by atoms with Crippen LogP contribution in [0, 0.1) is 19.8 Å². The van der Waals surface area contributed by atoms with Crippen molar-refractivity contribution in [2.24, 2.45) is 5.92 Å². The number of hydrogen-bond acceptors (Lipinski definition) is 5. The Kier molecular flexibility index (Phi) is 5.08. The zero-order chi connectivity index (χ0) is 20.5. The molecule has 0 unspecified atom stereocenters. The summed E-state index contributed by atoms with van der Waals surface area (Å²) in [4.78, 5) is 32.0. The molecule has 0 aliphatic carbocycles. The molecular weight excluding hydrogens is 368 g/mol. The number of hydrogen-bond donors (Lipinski definition) is 1. The van der Waals surface area contributed by atoms with Crippen molar-refractivity contribution in [1.82, 2.24) is 19.2 Å². The van der Waals surface area contributed by atoms with Crippen molar-refractivity contribution in [3.8, 4) is 0 Å². The van der Waals surface area contributed by atoms with Crippen molar-refractivity contribution in [2.75, 3.05) is 23.3 Å². The Balaban J connectivity index is 1.60. The number of aromatic nitrogens is 4. The molecule has 1 aromatic carbocycles. The fourth-order valence-electron chi connectivity index (χ4n) is 3.86. The van der Waals surface area contributed by atoms with E-state index in [0.29, 0.717) is 17.4 Å². The summed E-state index contributed by atoms with van der Waals surface area (Å²) in [7, 11) is 0. The van der Waals surface area contributed by atoms with Crippen LogP contribution in [0.25, 0.3) is 5.65 Å². The van der Waals surface area contributed by atoms with Crippen molar-refractivity contribution in [3.05, 3.63) is 52.2 Å². The summed E-state index contributed by atoms with van der Waals surface area (Å²) in [5.74, 6) is 0.984. The van der Waals surface area contributed by atoms with Gasteiger partial charge in [-0.1, -0.05) is 19.1 Å². The maximum Gasteiger partial charge on any atom is 0.350 e. The number of benzene rings is 1. The van der Waals surface area contributed by atoms with Crippen LogP contribution in [-0.2, 0) is 11.3 Å². The molecule has 152 valence electrons. The minimum absolute atomic E-state index is 0.149. The minimum Gasteiger partial charge on any atom is -0.353 e. The Morgan fingerprint density at radius 3 is 2.93 bits per heavy atom. The molecule has 8 heteroatoms. The molecule has 1 aliphatic heterocycles. The fraction of sp³-hybridized carbons (Fsp3) is 0.429. The lowest BCUT2D eigenvalue weighted by atomic mass is 10.0. The van der Waals surface area contributed by atoms with Gasteiger partial charge in [-0.15, -0.1) is 5.10 Å². The Hall–Kier alpha value is -3.16. The molecule has 0 bridgehead atoms. The van der Waals surface area contributed by atoms with Crippen LogP contribution in [0.3, 0.4) is 0 Å². The first-order valence-electron chi connectivity index (χ1n) is 9.99. The number of carbonyl (C=O) groups is 1. The first-order valence-corrected chi connectivity index (χ1v) is 9.99. The molecule has 3 heterocycles. The second-order valence-corrected chi connectivity index (χ2v) is 7.87. The highest BCUT2D eigenvalue weighted by Crippen LogP contribution is 2.23. The van der Waals surface area contributed by atoms with Crippen LogP contribution in [0.2, 0.25) is 0 Å². The molecule has 1 amide bonds. The first kappa shape index (κ1) is 19.2. The molecule has 1 N–H and O–H groups in total. The predicted octanol–water partition coefficient (Wildman–Crippen LogP) is 2.38. The van der Waals surface area contributed by atoms with Gasteiger partial charge in [0.2, 0.25) is 11.6 Å². The number of aryl methyl sites for hydroxylation is 1. The van der Waals surface area contributed by atoms with Crippen LogP contribution in [0.4, 0.5) is 11.5 Å². The number of amides is 1. The number of nitrogens with one attached hydrogen (secondary N) is 1. The average Bonchev–Trinajstić information content (AvgIpc) is 3.01. The van der Waals surface area contributed by atoms with Gasteiger partial charge in [-0.05, 0) is 49.8 Å². The highest BCUT2D eigenvalue weighted by Gasteiger charge is 2.22. The van der Waals surface area contributed by atoms with Crippen molar-refractivity contribution >= 4 is 23.1 Å². The predicted molar refractivity (Wildman–Crippen MR) is 112 cm³/mol. The first-order chi connectivity index (χ1) is 13.9. The van der Waals surface area contributed by atoms with E-state index in [1.165, 1.54) is 15.5 Å². The number of anilines is 2. The molecule has 1 fully saturated rings. The highest BCUT2D eigenvalue weighted by molar-refractivity contribution is 5.91. The molecule has 3 aromatic rings. The molecular formula is C21H26N6O2. The molecule has 1 atom stereocenters. The molecule has 1 aliphatic rings. The number of fused-ring (bicyclic) bond motifs is 1. The van der Waals surface area contributed by atoms with Crippen LogP contribution in [0.1, 0.15) is 30.9 Å². The van der Waals surface area contributed by atoms with Gasteiger partial charge in [-0.25, -0.2) is 18.9 Å². The van der Waals surface area contributed by atoms with E-state index in [1.807, 2.05) is 32.0 Å². The number of piperidine rings is 1. The summed E-state index contributed by atoms with van der Waals surface area (Å²) < 4.78 is 2.67. The second-order valence-electron chi connectivity index (χ2n) is 7.87. The molecule has 8 nitrogen and oxygen atoms in total. The van der Waals surface area contributed by atoms with Gasteiger partial charge in [0.25, 0.3) is 0 Å².